The molecule has 7 nitrogen and oxygen atoms in total. The van der Waals surface area contributed by atoms with Crippen molar-refractivity contribution >= 4 is 17.7 Å². The molecule has 8 heteroatoms. The van der Waals surface area contributed by atoms with Gasteiger partial charge < -0.3 is 10.1 Å². The molecule has 2 aromatic carbocycles. The van der Waals surface area contributed by atoms with E-state index in [1.165, 1.54) is 11.8 Å². The number of methoxy groups -OCH3 is 1. The van der Waals surface area contributed by atoms with Crippen molar-refractivity contribution in [3.8, 4) is 28.9 Å². The maximum atomic E-state index is 12.7. The summed E-state index contributed by atoms with van der Waals surface area (Å²) in [5, 5.41) is 22.0. The smallest absolute Gasteiger partial charge is 0.231 e. The van der Waals surface area contributed by atoms with Crippen LogP contribution in [0.15, 0.2) is 59.8 Å². The average Bonchev–Trinajstić information content (AvgIpc) is 3.28. The summed E-state index contributed by atoms with van der Waals surface area (Å²) < 4.78 is 7.22. The molecule has 1 amide bonds. The van der Waals surface area contributed by atoms with Gasteiger partial charge in [0.05, 0.1) is 18.9 Å². The van der Waals surface area contributed by atoms with Crippen molar-refractivity contribution in [1.29, 1.82) is 5.26 Å². The van der Waals surface area contributed by atoms with E-state index in [0.29, 0.717) is 23.8 Å². The highest BCUT2D eigenvalue weighted by atomic mass is 32.2. The van der Waals surface area contributed by atoms with Crippen LogP contribution in [0.4, 0.5) is 0 Å². The van der Waals surface area contributed by atoms with Crippen LogP contribution < -0.4 is 10.1 Å². The van der Waals surface area contributed by atoms with Crippen LogP contribution in [0.1, 0.15) is 32.1 Å². The first kappa shape index (κ1) is 21.9. The molecule has 1 aliphatic rings. The monoisotopic (exact) mass is 447 g/mol. The van der Waals surface area contributed by atoms with E-state index in [1.807, 2.05) is 59.2 Å². The summed E-state index contributed by atoms with van der Waals surface area (Å²) in [5.74, 6) is 1.45. The zero-order valence-corrected chi connectivity index (χ0v) is 18.8. The van der Waals surface area contributed by atoms with Crippen molar-refractivity contribution in [2.75, 3.05) is 12.9 Å². The minimum atomic E-state index is -0.741. The molecule has 0 bridgehead atoms. The second-order valence-electron chi connectivity index (χ2n) is 7.80. The van der Waals surface area contributed by atoms with Gasteiger partial charge in [0.25, 0.3) is 0 Å². The molecule has 0 spiro atoms. The number of ether oxygens (including phenoxy) is 1. The highest BCUT2D eigenvalue weighted by molar-refractivity contribution is 7.99. The Labute approximate surface area is 191 Å². The molecular formula is C24H25N5O2S. The molecule has 0 unspecified atom stereocenters. The Morgan fingerprint density at radius 3 is 2.50 bits per heavy atom. The number of hydrogen-bond acceptors (Lipinski definition) is 6. The molecule has 0 saturated heterocycles. The second-order valence-corrected chi connectivity index (χ2v) is 8.74. The Hall–Kier alpha value is -3.31. The van der Waals surface area contributed by atoms with Gasteiger partial charge in [0.1, 0.15) is 11.3 Å². The lowest BCUT2D eigenvalue weighted by Crippen LogP contribution is -2.49. The van der Waals surface area contributed by atoms with Crippen LogP contribution in [-0.2, 0) is 4.79 Å². The molecule has 0 aliphatic heterocycles. The zero-order valence-electron chi connectivity index (χ0n) is 18.0. The summed E-state index contributed by atoms with van der Waals surface area (Å²) in [4.78, 5) is 12.7. The number of amides is 1. The summed E-state index contributed by atoms with van der Waals surface area (Å²) in [6, 6.07) is 19.8. The van der Waals surface area contributed by atoms with Crippen molar-refractivity contribution in [2.45, 2.75) is 42.8 Å². The van der Waals surface area contributed by atoms with Crippen LogP contribution in [0, 0.1) is 11.3 Å². The number of aromatic nitrogens is 3. The van der Waals surface area contributed by atoms with Gasteiger partial charge in [0, 0.05) is 11.3 Å². The Morgan fingerprint density at radius 1 is 1.12 bits per heavy atom. The van der Waals surface area contributed by atoms with Gasteiger partial charge in [-0.15, -0.1) is 10.2 Å². The molecular weight excluding hydrogens is 422 g/mol. The quantitative estimate of drug-likeness (QED) is 0.541. The third-order valence-corrected chi connectivity index (χ3v) is 6.56. The summed E-state index contributed by atoms with van der Waals surface area (Å²) in [6.07, 6.45) is 4.46. The fourth-order valence-electron chi connectivity index (χ4n) is 3.95. The topological polar surface area (TPSA) is 92.8 Å². The van der Waals surface area contributed by atoms with Crippen molar-refractivity contribution in [3.63, 3.8) is 0 Å². The lowest BCUT2D eigenvalue weighted by Gasteiger charge is -2.31. The Bertz CT molecular complexity index is 1100. The number of thioether (sulfide) groups is 1. The van der Waals surface area contributed by atoms with E-state index in [9.17, 15) is 10.1 Å². The first-order valence-electron chi connectivity index (χ1n) is 10.6. The second kappa shape index (κ2) is 9.88. The lowest BCUT2D eigenvalue weighted by atomic mass is 9.83. The van der Waals surface area contributed by atoms with Crippen LogP contribution in [-0.4, -0.2) is 39.1 Å². The van der Waals surface area contributed by atoms with E-state index in [4.69, 9.17) is 4.74 Å². The average molecular weight is 448 g/mol. The Morgan fingerprint density at radius 2 is 1.84 bits per heavy atom. The summed E-state index contributed by atoms with van der Waals surface area (Å²) in [5.41, 5.74) is 1.06. The summed E-state index contributed by atoms with van der Waals surface area (Å²) in [7, 11) is 1.63. The zero-order chi connectivity index (χ0) is 22.4. The number of benzene rings is 2. The van der Waals surface area contributed by atoms with Gasteiger partial charge in [-0.05, 0) is 37.1 Å². The molecule has 1 aromatic heterocycles. The first-order valence-corrected chi connectivity index (χ1v) is 11.6. The minimum Gasteiger partial charge on any atom is -0.497 e. The number of rotatable bonds is 7. The predicted octanol–water partition coefficient (Wildman–Crippen LogP) is 4.38. The summed E-state index contributed by atoms with van der Waals surface area (Å²) >= 11 is 1.31. The number of hydrogen-bond donors (Lipinski definition) is 1. The third kappa shape index (κ3) is 4.78. The molecule has 1 N–H and O–H groups in total. The molecule has 1 fully saturated rings. The van der Waals surface area contributed by atoms with E-state index in [2.05, 4.69) is 21.6 Å². The van der Waals surface area contributed by atoms with Crippen LogP contribution >= 0.6 is 11.8 Å². The van der Waals surface area contributed by atoms with E-state index in [1.54, 1.807) is 7.11 Å². The molecule has 32 heavy (non-hydrogen) atoms. The highest BCUT2D eigenvalue weighted by Gasteiger charge is 2.33. The Kier molecular flexibility index (Phi) is 6.76. The molecule has 1 aliphatic carbocycles. The largest absolute Gasteiger partial charge is 0.497 e. The standard InChI is InChI=1S/C24H25N5O2S/c1-31-20-12-10-19(11-13-20)29-22(18-8-4-2-5-9-18)27-28-23(29)32-16-21(30)26-24(17-25)14-6-3-7-15-24/h2,4-5,8-13H,3,6-7,14-16H2,1H3,(H,26,30). The van der Waals surface area contributed by atoms with Gasteiger partial charge in [-0.3, -0.25) is 9.36 Å². The molecule has 164 valence electrons. The fourth-order valence-corrected chi connectivity index (χ4v) is 4.71. The van der Waals surface area contributed by atoms with Gasteiger partial charge in [0.2, 0.25) is 5.91 Å². The Balaban J connectivity index is 1.57. The van der Waals surface area contributed by atoms with Gasteiger partial charge in [-0.25, -0.2) is 0 Å². The SMILES string of the molecule is COc1ccc(-n2c(SCC(=O)NC3(C#N)CCCCC3)nnc2-c2ccccc2)cc1. The van der Waals surface area contributed by atoms with Crippen molar-refractivity contribution in [3.05, 3.63) is 54.6 Å². The van der Waals surface area contributed by atoms with E-state index < -0.39 is 5.54 Å². The van der Waals surface area contributed by atoms with Gasteiger partial charge in [0.15, 0.2) is 11.0 Å². The summed E-state index contributed by atoms with van der Waals surface area (Å²) in [6.45, 7) is 0. The maximum Gasteiger partial charge on any atom is 0.231 e. The number of nitrogens with zero attached hydrogens (tertiary/aromatic N) is 4. The van der Waals surface area contributed by atoms with Crippen molar-refractivity contribution < 1.29 is 9.53 Å². The van der Waals surface area contributed by atoms with Crippen molar-refractivity contribution in [2.24, 2.45) is 0 Å². The van der Waals surface area contributed by atoms with Gasteiger partial charge in [-0.2, -0.15) is 5.26 Å². The molecule has 4 rings (SSSR count). The third-order valence-electron chi connectivity index (χ3n) is 5.63. The van der Waals surface area contributed by atoms with Crippen LogP contribution in [0.2, 0.25) is 0 Å². The molecule has 0 radical (unpaired) electrons. The first-order chi connectivity index (χ1) is 15.6. The molecule has 1 heterocycles. The van der Waals surface area contributed by atoms with Crippen LogP contribution in [0.25, 0.3) is 17.1 Å². The van der Waals surface area contributed by atoms with Crippen LogP contribution in [0.3, 0.4) is 0 Å². The van der Waals surface area contributed by atoms with Crippen LogP contribution in [0.5, 0.6) is 5.75 Å². The van der Waals surface area contributed by atoms with E-state index in [-0.39, 0.29) is 11.7 Å². The number of carbonyl (C=O) groups is 1. The number of nitrogens with one attached hydrogen (secondary N) is 1. The highest BCUT2D eigenvalue weighted by Crippen LogP contribution is 2.30. The maximum absolute atomic E-state index is 12.7. The predicted molar refractivity (Wildman–Crippen MR) is 124 cm³/mol. The van der Waals surface area contributed by atoms with E-state index >= 15 is 0 Å². The fraction of sp³-hybridized carbons (Fsp3) is 0.333. The molecule has 1 saturated carbocycles. The molecule has 3 aromatic rings. The van der Waals surface area contributed by atoms with Gasteiger partial charge in [-0.1, -0.05) is 61.4 Å². The van der Waals surface area contributed by atoms with Crippen molar-refractivity contribution in [1.82, 2.24) is 20.1 Å². The van der Waals surface area contributed by atoms with E-state index in [0.717, 1.165) is 36.3 Å². The number of nitriles is 1. The normalized spacial score (nSPS) is 15.0. The molecule has 0 atom stereocenters. The van der Waals surface area contributed by atoms with Gasteiger partial charge >= 0.3 is 0 Å². The lowest BCUT2D eigenvalue weighted by molar-refractivity contribution is -0.120. The number of carbonyl (C=O) groups excluding carboxylic acids is 1. The minimum absolute atomic E-state index is 0.159.